The van der Waals surface area contributed by atoms with Crippen molar-refractivity contribution in [2.45, 2.75) is 31.7 Å². The number of benzene rings is 3. The molecule has 1 N–H and O–H groups in total. The number of hydrogen-bond donors (Lipinski definition) is 1. The Labute approximate surface area is 221 Å². The fraction of sp³-hybridized carbons (Fsp3) is 0.345. The highest BCUT2D eigenvalue weighted by Gasteiger charge is 2.30. The lowest BCUT2D eigenvalue weighted by molar-refractivity contribution is 0.0952. The van der Waals surface area contributed by atoms with Gasteiger partial charge < -0.3 is 10.2 Å². The number of halogens is 2. The predicted octanol–water partition coefficient (Wildman–Crippen LogP) is 5.84. The number of hydrogen-bond acceptors (Lipinski definition) is 3. The standard InChI is InChI=1S/C29H33N3O.2ClH/c33-29(26-14-12-24(13-15-26)23-8-2-1-3-9-23)30-18-6-7-19-31-20-21-32-27(22-31)17-16-25-10-4-5-11-28(25)32;;/h1-5,8-15,27H,6-7,16-22H2,(H,30,33);2*1H. The van der Waals surface area contributed by atoms with Crippen LogP contribution in [0.1, 0.15) is 35.2 Å². The number of rotatable bonds is 7. The minimum Gasteiger partial charge on any atom is -0.366 e. The van der Waals surface area contributed by atoms with Crippen molar-refractivity contribution in [3.63, 3.8) is 0 Å². The number of piperazine rings is 1. The number of unbranched alkanes of at least 4 members (excludes halogenated alkanes) is 1. The molecule has 35 heavy (non-hydrogen) atoms. The maximum atomic E-state index is 12.5. The Kier molecular flexibility index (Phi) is 10.0. The van der Waals surface area contributed by atoms with Crippen molar-refractivity contribution in [1.29, 1.82) is 0 Å². The molecule has 4 nitrogen and oxygen atoms in total. The molecule has 5 rings (SSSR count). The van der Waals surface area contributed by atoms with Gasteiger partial charge in [0.05, 0.1) is 0 Å². The Bertz CT molecular complexity index is 1070. The Morgan fingerprint density at radius 1 is 0.829 bits per heavy atom. The van der Waals surface area contributed by atoms with Crippen LogP contribution in [0.5, 0.6) is 0 Å². The van der Waals surface area contributed by atoms with Gasteiger partial charge in [-0.1, -0.05) is 60.7 Å². The number of nitrogens with zero attached hydrogens (tertiary/aromatic N) is 2. The summed E-state index contributed by atoms with van der Waals surface area (Å²) in [6, 6.07) is 27.7. The third kappa shape index (κ3) is 6.58. The van der Waals surface area contributed by atoms with Crippen LogP contribution in [0.4, 0.5) is 5.69 Å². The summed E-state index contributed by atoms with van der Waals surface area (Å²) in [5, 5.41) is 3.09. The van der Waals surface area contributed by atoms with E-state index in [0.717, 1.165) is 56.7 Å². The molecule has 0 aromatic heterocycles. The van der Waals surface area contributed by atoms with Gasteiger partial charge in [-0.3, -0.25) is 9.69 Å². The lowest BCUT2D eigenvalue weighted by Gasteiger charge is -2.46. The minimum atomic E-state index is 0. The third-order valence-corrected chi connectivity index (χ3v) is 7.06. The topological polar surface area (TPSA) is 35.6 Å². The largest absolute Gasteiger partial charge is 0.366 e. The monoisotopic (exact) mass is 511 g/mol. The van der Waals surface area contributed by atoms with Crippen LogP contribution < -0.4 is 10.2 Å². The van der Waals surface area contributed by atoms with Crippen LogP contribution in [0.3, 0.4) is 0 Å². The molecule has 1 atom stereocenters. The summed E-state index contributed by atoms with van der Waals surface area (Å²) < 4.78 is 0. The van der Waals surface area contributed by atoms with Gasteiger partial charge in [0.2, 0.25) is 0 Å². The average molecular weight is 513 g/mol. The van der Waals surface area contributed by atoms with E-state index in [4.69, 9.17) is 0 Å². The van der Waals surface area contributed by atoms with E-state index >= 15 is 0 Å². The van der Waals surface area contributed by atoms with E-state index in [2.05, 4.69) is 51.5 Å². The summed E-state index contributed by atoms with van der Waals surface area (Å²) in [5.74, 6) is 0.0177. The fourth-order valence-electron chi connectivity index (χ4n) is 5.22. The van der Waals surface area contributed by atoms with E-state index in [1.165, 1.54) is 29.7 Å². The van der Waals surface area contributed by atoms with Crippen LogP contribution >= 0.6 is 24.8 Å². The lowest BCUT2D eigenvalue weighted by Crippen LogP contribution is -2.55. The Balaban J connectivity index is 0.00000171. The van der Waals surface area contributed by atoms with Gasteiger partial charge in [-0.2, -0.15) is 0 Å². The molecule has 1 unspecified atom stereocenters. The van der Waals surface area contributed by atoms with Gasteiger partial charge in [0.1, 0.15) is 0 Å². The van der Waals surface area contributed by atoms with Crippen LogP contribution in [0, 0.1) is 0 Å². The molecule has 2 heterocycles. The summed E-state index contributed by atoms with van der Waals surface area (Å²) in [7, 11) is 0. The maximum Gasteiger partial charge on any atom is 0.251 e. The number of aryl methyl sites for hydroxylation is 1. The van der Waals surface area contributed by atoms with Crippen molar-refractivity contribution in [2.75, 3.05) is 37.6 Å². The van der Waals surface area contributed by atoms with Crippen LogP contribution in [0.25, 0.3) is 11.1 Å². The highest BCUT2D eigenvalue weighted by atomic mass is 35.5. The van der Waals surface area contributed by atoms with Crippen LogP contribution in [-0.4, -0.2) is 49.6 Å². The molecule has 0 spiro atoms. The zero-order valence-corrected chi connectivity index (χ0v) is 21.7. The van der Waals surface area contributed by atoms with Gasteiger partial charge >= 0.3 is 0 Å². The smallest absolute Gasteiger partial charge is 0.251 e. The number of para-hydroxylation sites is 1. The van der Waals surface area contributed by atoms with E-state index in [1.807, 2.05) is 42.5 Å². The molecule has 186 valence electrons. The van der Waals surface area contributed by atoms with Gasteiger partial charge in [-0.15, -0.1) is 24.8 Å². The second-order valence-corrected chi connectivity index (χ2v) is 9.22. The van der Waals surface area contributed by atoms with Gasteiger partial charge in [0, 0.05) is 43.5 Å². The molecular formula is C29H35Cl2N3O. The van der Waals surface area contributed by atoms with Gasteiger partial charge in [-0.25, -0.2) is 0 Å². The first-order chi connectivity index (χ1) is 16.3. The summed E-state index contributed by atoms with van der Waals surface area (Å²) in [5.41, 5.74) is 5.99. The minimum absolute atomic E-state index is 0. The SMILES string of the molecule is Cl.Cl.O=C(NCCCCN1CCN2c3ccccc3CCC2C1)c1ccc(-c2ccccc2)cc1. The van der Waals surface area contributed by atoms with Crippen LogP contribution in [0.15, 0.2) is 78.9 Å². The number of carbonyl (C=O) groups is 1. The molecular weight excluding hydrogens is 477 g/mol. The average Bonchev–Trinajstić information content (AvgIpc) is 2.88. The summed E-state index contributed by atoms with van der Waals surface area (Å²) in [6.45, 7) is 5.26. The molecule has 1 fully saturated rings. The molecule has 0 radical (unpaired) electrons. The van der Waals surface area contributed by atoms with Gasteiger partial charge in [-0.05, 0) is 67.1 Å². The summed E-state index contributed by atoms with van der Waals surface area (Å²) >= 11 is 0. The van der Waals surface area contributed by atoms with Crippen molar-refractivity contribution in [3.05, 3.63) is 90.0 Å². The zero-order valence-electron chi connectivity index (χ0n) is 20.1. The molecule has 2 aliphatic heterocycles. The van der Waals surface area contributed by atoms with Crippen molar-refractivity contribution >= 4 is 36.4 Å². The quantitative estimate of drug-likeness (QED) is 0.404. The number of carbonyl (C=O) groups excluding carboxylic acids is 1. The van der Waals surface area contributed by atoms with Crippen molar-refractivity contribution in [1.82, 2.24) is 10.2 Å². The van der Waals surface area contributed by atoms with Crippen LogP contribution in [-0.2, 0) is 6.42 Å². The highest BCUT2D eigenvalue weighted by molar-refractivity contribution is 5.94. The van der Waals surface area contributed by atoms with E-state index in [-0.39, 0.29) is 30.7 Å². The molecule has 2 aliphatic rings. The number of anilines is 1. The number of nitrogens with one attached hydrogen (secondary N) is 1. The second-order valence-electron chi connectivity index (χ2n) is 9.22. The van der Waals surface area contributed by atoms with Crippen molar-refractivity contribution in [2.24, 2.45) is 0 Å². The molecule has 3 aromatic carbocycles. The molecule has 0 bridgehead atoms. The molecule has 6 heteroatoms. The van der Waals surface area contributed by atoms with Gasteiger partial charge in [0.25, 0.3) is 5.91 Å². The highest BCUT2D eigenvalue weighted by Crippen LogP contribution is 2.32. The van der Waals surface area contributed by atoms with Crippen LogP contribution in [0.2, 0.25) is 0 Å². The third-order valence-electron chi connectivity index (χ3n) is 7.06. The lowest BCUT2D eigenvalue weighted by atomic mass is 9.94. The van der Waals surface area contributed by atoms with E-state index in [1.54, 1.807) is 0 Å². The predicted molar refractivity (Wildman–Crippen MR) is 150 cm³/mol. The Hall–Kier alpha value is -2.53. The molecule has 1 amide bonds. The second kappa shape index (κ2) is 13.0. The molecule has 0 saturated carbocycles. The number of fused-ring (bicyclic) bond motifs is 3. The number of amides is 1. The van der Waals surface area contributed by atoms with E-state index < -0.39 is 0 Å². The van der Waals surface area contributed by atoms with Crippen molar-refractivity contribution < 1.29 is 4.79 Å². The zero-order chi connectivity index (χ0) is 22.5. The fourth-order valence-corrected chi connectivity index (χ4v) is 5.22. The van der Waals surface area contributed by atoms with E-state index in [9.17, 15) is 4.79 Å². The summed E-state index contributed by atoms with van der Waals surface area (Å²) in [4.78, 5) is 17.7. The molecule has 0 aliphatic carbocycles. The normalized spacial score (nSPS) is 16.8. The Morgan fingerprint density at radius 3 is 2.34 bits per heavy atom. The first kappa shape index (κ1) is 27.1. The maximum absolute atomic E-state index is 12.5. The van der Waals surface area contributed by atoms with E-state index in [0.29, 0.717) is 6.04 Å². The Morgan fingerprint density at radius 2 is 1.54 bits per heavy atom. The molecule has 3 aromatic rings. The van der Waals surface area contributed by atoms with Gasteiger partial charge in [0.15, 0.2) is 0 Å². The summed E-state index contributed by atoms with van der Waals surface area (Å²) in [6.07, 6.45) is 4.59. The first-order valence-electron chi connectivity index (χ1n) is 12.3. The molecule has 1 saturated heterocycles. The van der Waals surface area contributed by atoms with Crippen molar-refractivity contribution in [3.8, 4) is 11.1 Å². The first-order valence-corrected chi connectivity index (χ1v) is 12.3.